The van der Waals surface area contributed by atoms with Gasteiger partial charge < -0.3 is 4.84 Å². The minimum atomic E-state index is -0.702. The van der Waals surface area contributed by atoms with Gasteiger partial charge in [0.1, 0.15) is 0 Å². The van der Waals surface area contributed by atoms with Gasteiger partial charge in [-0.25, -0.2) is 4.79 Å². The first kappa shape index (κ1) is 20.1. The van der Waals surface area contributed by atoms with Gasteiger partial charge in [-0.15, -0.1) is 5.48 Å². The van der Waals surface area contributed by atoms with Crippen molar-refractivity contribution in [3.63, 3.8) is 0 Å². The summed E-state index contributed by atoms with van der Waals surface area (Å²) in [4.78, 5) is 26.3. The SMILES string of the molecule is O=C(Nc1ccccc1)ONC1C=NC(c2ccccc2Cl)=c2cc(Cl)ccc2=N1. The van der Waals surface area contributed by atoms with Crippen LogP contribution in [-0.4, -0.2) is 18.5 Å². The van der Waals surface area contributed by atoms with E-state index in [2.05, 4.69) is 20.8 Å². The number of rotatable bonds is 4. The Hall–Kier alpha value is -3.19. The van der Waals surface area contributed by atoms with Crippen LogP contribution in [0.15, 0.2) is 82.8 Å². The molecule has 4 rings (SSSR count). The molecule has 1 unspecified atom stereocenters. The standard InChI is InChI=1S/C22H16Cl2N4O2/c23-14-10-11-19-17(12-14)21(16-8-4-5-9-18(16)24)25-13-20(27-19)28-30-22(29)26-15-6-2-1-3-7-15/h1-13,20,28H,(H,26,29). The Morgan fingerprint density at radius 1 is 0.967 bits per heavy atom. The van der Waals surface area contributed by atoms with Gasteiger partial charge in [0, 0.05) is 32.7 Å². The molecule has 1 amide bonds. The molecule has 6 nitrogen and oxygen atoms in total. The van der Waals surface area contributed by atoms with Crippen LogP contribution in [0.25, 0.3) is 5.70 Å². The Morgan fingerprint density at radius 2 is 1.73 bits per heavy atom. The van der Waals surface area contributed by atoms with Crippen LogP contribution in [0.4, 0.5) is 10.5 Å². The second-order valence-electron chi connectivity index (χ2n) is 6.34. The minimum absolute atomic E-state index is 0.550. The number of benzene rings is 3. The highest BCUT2D eigenvalue weighted by molar-refractivity contribution is 6.32. The molecule has 0 fully saturated rings. The number of para-hydroxylation sites is 1. The maximum absolute atomic E-state index is 12.0. The smallest absolute Gasteiger partial charge is 0.351 e. The van der Waals surface area contributed by atoms with Gasteiger partial charge in [-0.05, 0) is 36.4 Å². The molecule has 1 atom stereocenters. The van der Waals surface area contributed by atoms with Crippen LogP contribution in [0.2, 0.25) is 10.0 Å². The first-order chi connectivity index (χ1) is 14.6. The Morgan fingerprint density at radius 3 is 2.53 bits per heavy atom. The monoisotopic (exact) mass is 438 g/mol. The lowest BCUT2D eigenvalue weighted by molar-refractivity contribution is 0.0952. The summed E-state index contributed by atoms with van der Waals surface area (Å²) in [5.74, 6) is 0. The van der Waals surface area contributed by atoms with Crippen molar-refractivity contribution < 1.29 is 9.63 Å². The van der Waals surface area contributed by atoms with Crippen LogP contribution >= 0.6 is 23.2 Å². The molecule has 3 aromatic carbocycles. The summed E-state index contributed by atoms with van der Waals surface area (Å²) < 4.78 is 0. The van der Waals surface area contributed by atoms with Crippen molar-refractivity contribution in [1.82, 2.24) is 5.48 Å². The fraction of sp³-hybridized carbons (Fsp3) is 0.0455. The molecular weight excluding hydrogens is 423 g/mol. The maximum atomic E-state index is 12.0. The van der Waals surface area contributed by atoms with Crippen molar-refractivity contribution in [2.24, 2.45) is 9.98 Å². The summed E-state index contributed by atoms with van der Waals surface area (Å²) in [5, 5.41) is 5.08. The van der Waals surface area contributed by atoms with Gasteiger partial charge in [0.2, 0.25) is 0 Å². The number of halogens is 2. The number of hydrogen-bond acceptors (Lipinski definition) is 5. The van der Waals surface area contributed by atoms with Gasteiger partial charge in [-0.2, -0.15) is 0 Å². The number of anilines is 1. The van der Waals surface area contributed by atoms with Crippen LogP contribution in [0, 0.1) is 0 Å². The van der Waals surface area contributed by atoms with E-state index in [0.29, 0.717) is 26.8 Å². The maximum Gasteiger partial charge on any atom is 0.430 e. The van der Waals surface area contributed by atoms with Crippen molar-refractivity contribution in [3.05, 3.63) is 99.0 Å². The van der Waals surface area contributed by atoms with Gasteiger partial charge in [0.15, 0.2) is 6.17 Å². The molecule has 3 aromatic rings. The number of nitrogens with zero attached hydrogens (tertiary/aromatic N) is 2. The quantitative estimate of drug-likeness (QED) is 0.605. The zero-order valence-electron chi connectivity index (χ0n) is 15.5. The van der Waals surface area contributed by atoms with Crippen LogP contribution in [0.1, 0.15) is 5.56 Å². The third kappa shape index (κ3) is 4.68. The van der Waals surface area contributed by atoms with Crippen molar-refractivity contribution >= 4 is 46.9 Å². The summed E-state index contributed by atoms with van der Waals surface area (Å²) in [6.07, 6.45) is 0.176. The third-order valence-corrected chi connectivity index (χ3v) is 4.82. The van der Waals surface area contributed by atoms with Crippen LogP contribution < -0.4 is 21.4 Å². The number of carbonyl (C=O) groups is 1. The topological polar surface area (TPSA) is 75.1 Å². The molecule has 0 radical (unpaired) electrons. The van der Waals surface area contributed by atoms with Gasteiger partial charge >= 0.3 is 6.09 Å². The molecule has 0 saturated heterocycles. The lowest BCUT2D eigenvalue weighted by Gasteiger charge is -2.10. The highest BCUT2D eigenvalue weighted by atomic mass is 35.5. The van der Waals surface area contributed by atoms with E-state index in [1.54, 1.807) is 42.6 Å². The number of aliphatic imine (C=N–C) groups is 1. The molecular formula is C22H16Cl2N4O2. The lowest BCUT2D eigenvalue weighted by atomic mass is 10.1. The first-order valence-electron chi connectivity index (χ1n) is 9.05. The fourth-order valence-electron chi connectivity index (χ4n) is 2.91. The van der Waals surface area contributed by atoms with Gasteiger partial charge in [0.25, 0.3) is 0 Å². The van der Waals surface area contributed by atoms with E-state index >= 15 is 0 Å². The number of fused-ring (bicyclic) bond motifs is 1. The average molecular weight is 439 g/mol. The van der Waals surface area contributed by atoms with Crippen molar-refractivity contribution in [3.8, 4) is 0 Å². The molecule has 0 saturated carbocycles. The number of carbonyl (C=O) groups excluding carboxylic acids is 1. The number of amides is 1. The highest BCUT2D eigenvalue weighted by Gasteiger charge is 2.14. The van der Waals surface area contributed by atoms with Crippen LogP contribution in [-0.2, 0) is 4.84 Å². The number of hydroxylamine groups is 1. The zero-order valence-corrected chi connectivity index (χ0v) is 17.1. The normalized spacial score (nSPS) is 15.0. The first-order valence-corrected chi connectivity index (χ1v) is 9.81. The van der Waals surface area contributed by atoms with E-state index in [4.69, 9.17) is 28.0 Å². The lowest BCUT2D eigenvalue weighted by Crippen LogP contribution is -2.36. The summed E-state index contributed by atoms with van der Waals surface area (Å²) in [5.41, 5.74) is 4.60. The molecule has 30 heavy (non-hydrogen) atoms. The summed E-state index contributed by atoms with van der Waals surface area (Å²) in [6, 6.07) is 21.7. The molecule has 2 N–H and O–H groups in total. The molecule has 1 aliphatic heterocycles. The Bertz CT molecular complexity index is 1230. The number of hydrogen-bond donors (Lipinski definition) is 2. The minimum Gasteiger partial charge on any atom is -0.351 e. The Labute approximate surface area is 182 Å². The Kier molecular flexibility index (Phi) is 6.09. The average Bonchev–Trinajstić information content (AvgIpc) is 2.92. The van der Waals surface area contributed by atoms with E-state index in [9.17, 15) is 4.79 Å². The summed E-state index contributed by atoms with van der Waals surface area (Å²) >= 11 is 12.6. The van der Waals surface area contributed by atoms with E-state index in [1.165, 1.54) is 0 Å². The zero-order chi connectivity index (χ0) is 20.9. The molecule has 150 valence electrons. The van der Waals surface area contributed by atoms with Gasteiger partial charge in [-0.3, -0.25) is 15.3 Å². The van der Waals surface area contributed by atoms with E-state index in [1.807, 2.05) is 36.4 Å². The molecule has 8 heteroatoms. The predicted molar refractivity (Wildman–Crippen MR) is 118 cm³/mol. The van der Waals surface area contributed by atoms with E-state index in [-0.39, 0.29) is 0 Å². The van der Waals surface area contributed by atoms with Crippen LogP contribution in [0.3, 0.4) is 0 Å². The van der Waals surface area contributed by atoms with E-state index in [0.717, 1.165) is 10.8 Å². The molecule has 0 bridgehead atoms. The summed E-state index contributed by atoms with van der Waals surface area (Å²) in [7, 11) is 0. The third-order valence-electron chi connectivity index (χ3n) is 4.26. The second-order valence-corrected chi connectivity index (χ2v) is 7.18. The summed E-state index contributed by atoms with van der Waals surface area (Å²) in [6.45, 7) is 0. The largest absolute Gasteiger partial charge is 0.430 e. The second kappa shape index (κ2) is 9.09. The van der Waals surface area contributed by atoms with Crippen molar-refractivity contribution in [2.45, 2.75) is 6.17 Å². The molecule has 1 aliphatic rings. The highest BCUT2D eigenvalue weighted by Crippen LogP contribution is 2.23. The van der Waals surface area contributed by atoms with Crippen molar-refractivity contribution in [1.29, 1.82) is 0 Å². The predicted octanol–water partition coefficient (Wildman–Crippen LogP) is 3.93. The molecule has 0 aromatic heterocycles. The van der Waals surface area contributed by atoms with Crippen LogP contribution in [0.5, 0.6) is 0 Å². The van der Waals surface area contributed by atoms with Gasteiger partial charge in [0.05, 0.1) is 11.1 Å². The molecule has 0 spiro atoms. The Balaban J connectivity index is 1.60. The number of nitrogens with one attached hydrogen (secondary N) is 2. The van der Waals surface area contributed by atoms with Crippen molar-refractivity contribution in [2.75, 3.05) is 5.32 Å². The molecule has 1 heterocycles. The fourth-order valence-corrected chi connectivity index (χ4v) is 3.31. The van der Waals surface area contributed by atoms with Gasteiger partial charge in [-0.1, -0.05) is 59.6 Å². The van der Waals surface area contributed by atoms with E-state index < -0.39 is 12.3 Å². The molecule has 0 aliphatic carbocycles.